The summed E-state index contributed by atoms with van der Waals surface area (Å²) in [7, 11) is -3.77. The second-order valence-electron chi connectivity index (χ2n) is 12.0. The minimum absolute atomic E-state index is 0.127. The largest absolute Gasteiger partial charge is 0.444 e. The van der Waals surface area contributed by atoms with Gasteiger partial charge >= 0.3 is 6.09 Å². The zero-order chi connectivity index (χ0) is 31.1. The van der Waals surface area contributed by atoms with Crippen molar-refractivity contribution in [1.29, 1.82) is 0 Å². The number of aryl methyl sites for hydroxylation is 1. The zero-order valence-corrected chi connectivity index (χ0v) is 25.9. The van der Waals surface area contributed by atoms with Crippen molar-refractivity contribution in [2.24, 2.45) is 0 Å². The summed E-state index contributed by atoms with van der Waals surface area (Å²) >= 11 is 0. The van der Waals surface area contributed by atoms with Crippen molar-refractivity contribution in [3.63, 3.8) is 0 Å². The Hall–Kier alpha value is -3.48. The normalized spacial score (nSPS) is 16.5. The molecule has 0 aromatic heterocycles. The third-order valence-electron chi connectivity index (χ3n) is 6.53. The summed E-state index contributed by atoms with van der Waals surface area (Å²) in [6.07, 6.45) is -0.359. The first-order valence-electron chi connectivity index (χ1n) is 13.9. The van der Waals surface area contributed by atoms with Gasteiger partial charge in [0.2, 0.25) is 21.8 Å². The number of nitrogens with one attached hydrogen (secondary N) is 3. The fraction of sp³-hybridized carbons (Fsp3) is 0.500. The fourth-order valence-electron chi connectivity index (χ4n) is 4.28. The molecule has 12 heteroatoms. The summed E-state index contributed by atoms with van der Waals surface area (Å²) < 4.78 is 39.5. The standard InChI is InChI=1S/C30H42N4O7S/c1-21-12-14-24(15-13-21)42(38,39)33-23-16-17-34(18-23)26(35)25(20-40-19-22-10-8-7-9-11-22)31-27(36)30(5,6)32-28(37)41-29(2,3)4/h7-15,23,25,33H,16-20H2,1-6H3,(H,31,36)(H,32,37)/t23?,25-/m1/s1. The molecule has 2 atom stereocenters. The van der Waals surface area contributed by atoms with E-state index in [0.29, 0.717) is 13.0 Å². The number of ether oxygens (including phenoxy) is 2. The Morgan fingerprint density at radius 3 is 2.26 bits per heavy atom. The molecule has 1 fully saturated rings. The van der Waals surface area contributed by atoms with Gasteiger partial charge < -0.3 is 25.0 Å². The van der Waals surface area contributed by atoms with Crippen LogP contribution in [0.2, 0.25) is 0 Å². The first-order valence-corrected chi connectivity index (χ1v) is 15.4. The number of likely N-dealkylation sites (tertiary alicyclic amines) is 1. The van der Waals surface area contributed by atoms with E-state index in [0.717, 1.165) is 11.1 Å². The van der Waals surface area contributed by atoms with Gasteiger partial charge in [-0.15, -0.1) is 0 Å². The number of hydrogen-bond acceptors (Lipinski definition) is 7. The SMILES string of the molecule is Cc1ccc(S(=O)(=O)NC2CCN(C(=O)[C@@H](COCc3ccccc3)NC(=O)C(C)(C)NC(=O)OC(C)(C)C)C2)cc1. The molecule has 0 aliphatic carbocycles. The molecule has 1 aliphatic heterocycles. The molecule has 1 heterocycles. The van der Waals surface area contributed by atoms with E-state index >= 15 is 0 Å². The highest BCUT2D eigenvalue weighted by atomic mass is 32.2. The van der Waals surface area contributed by atoms with Gasteiger partial charge in [-0.25, -0.2) is 17.9 Å². The monoisotopic (exact) mass is 602 g/mol. The minimum Gasteiger partial charge on any atom is -0.444 e. The summed E-state index contributed by atoms with van der Waals surface area (Å²) in [6.45, 7) is 10.5. The molecule has 2 aromatic carbocycles. The van der Waals surface area contributed by atoms with Crippen LogP contribution in [0.4, 0.5) is 4.79 Å². The summed E-state index contributed by atoms with van der Waals surface area (Å²) in [4.78, 5) is 40.9. The molecule has 3 amide bonds. The molecule has 230 valence electrons. The number of amides is 3. The molecule has 42 heavy (non-hydrogen) atoms. The molecule has 3 N–H and O–H groups in total. The third kappa shape index (κ3) is 9.81. The van der Waals surface area contributed by atoms with Crippen LogP contribution in [0.5, 0.6) is 0 Å². The zero-order valence-electron chi connectivity index (χ0n) is 25.1. The van der Waals surface area contributed by atoms with Gasteiger partial charge in [0.1, 0.15) is 17.2 Å². The summed E-state index contributed by atoms with van der Waals surface area (Å²) in [5, 5.41) is 5.26. The van der Waals surface area contributed by atoms with E-state index in [1.54, 1.807) is 32.9 Å². The maximum Gasteiger partial charge on any atom is 0.408 e. The van der Waals surface area contributed by atoms with Crippen molar-refractivity contribution in [1.82, 2.24) is 20.3 Å². The van der Waals surface area contributed by atoms with Crippen molar-refractivity contribution in [2.75, 3.05) is 19.7 Å². The van der Waals surface area contributed by atoms with Crippen LogP contribution in [-0.4, -0.2) is 74.1 Å². The highest BCUT2D eigenvalue weighted by Gasteiger charge is 2.38. The van der Waals surface area contributed by atoms with Gasteiger partial charge in [-0.3, -0.25) is 9.59 Å². The van der Waals surface area contributed by atoms with E-state index in [2.05, 4.69) is 15.4 Å². The Labute approximate surface area is 248 Å². The van der Waals surface area contributed by atoms with Crippen molar-refractivity contribution < 1.29 is 32.3 Å². The molecular weight excluding hydrogens is 560 g/mol. The number of carbonyl (C=O) groups is 3. The Morgan fingerprint density at radius 1 is 1.00 bits per heavy atom. The smallest absolute Gasteiger partial charge is 0.408 e. The predicted octanol–water partition coefficient (Wildman–Crippen LogP) is 2.88. The van der Waals surface area contributed by atoms with Gasteiger partial charge in [0.05, 0.1) is 18.1 Å². The molecule has 1 unspecified atom stereocenters. The van der Waals surface area contributed by atoms with E-state index in [9.17, 15) is 22.8 Å². The quantitative estimate of drug-likeness (QED) is 0.359. The number of nitrogens with zero attached hydrogens (tertiary/aromatic N) is 1. The summed E-state index contributed by atoms with van der Waals surface area (Å²) in [5.74, 6) is -1.02. The van der Waals surface area contributed by atoms with Gasteiger partial charge in [0, 0.05) is 19.1 Å². The minimum atomic E-state index is -3.77. The van der Waals surface area contributed by atoms with Gasteiger partial charge in [-0.2, -0.15) is 0 Å². The van der Waals surface area contributed by atoms with Gasteiger partial charge in [-0.05, 0) is 65.7 Å². The Bertz CT molecular complexity index is 1340. The van der Waals surface area contributed by atoms with Crippen LogP contribution in [0.15, 0.2) is 59.5 Å². The van der Waals surface area contributed by atoms with E-state index in [1.165, 1.54) is 30.9 Å². The van der Waals surface area contributed by atoms with Gasteiger partial charge in [-0.1, -0.05) is 48.0 Å². The van der Waals surface area contributed by atoms with Crippen molar-refractivity contribution >= 4 is 27.9 Å². The van der Waals surface area contributed by atoms with Crippen LogP contribution >= 0.6 is 0 Å². The second kappa shape index (κ2) is 13.7. The van der Waals surface area contributed by atoms with Crippen LogP contribution in [0.25, 0.3) is 0 Å². The lowest BCUT2D eigenvalue weighted by Gasteiger charge is -2.30. The number of sulfonamides is 1. The Kier molecular flexibility index (Phi) is 10.7. The molecule has 11 nitrogen and oxygen atoms in total. The molecule has 0 spiro atoms. The van der Waals surface area contributed by atoms with Crippen LogP contribution in [0.1, 0.15) is 52.2 Å². The van der Waals surface area contributed by atoms with Crippen LogP contribution in [0, 0.1) is 6.92 Å². The molecular formula is C30H42N4O7S. The molecule has 1 aliphatic rings. The highest BCUT2D eigenvalue weighted by Crippen LogP contribution is 2.17. The predicted molar refractivity (Wildman–Crippen MR) is 158 cm³/mol. The molecule has 0 radical (unpaired) electrons. The number of hydrogen-bond donors (Lipinski definition) is 3. The lowest BCUT2D eigenvalue weighted by atomic mass is 10.0. The van der Waals surface area contributed by atoms with Crippen LogP contribution in [0.3, 0.4) is 0 Å². The lowest BCUT2D eigenvalue weighted by molar-refractivity contribution is -0.139. The number of benzene rings is 2. The summed E-state index contributed by atoms with van der Waals surface area (Å²) in [6, 6.07) is 14.3. The molecule has 3 rings (SSSR count). The Balaban J connectivity index is 1.68. The van der Waals surface area contributed by atoms with Crippen molar-refractivity contribution in [3.8, 4) is 0 Å². The number of carbonyl (C=O) groups excluding carboxylic acids is 3. The second-order valence-corrected chi connectivity index (χ2v) is 13.7. The average Bonchev–Trinajstić information content (AvgIpc) is 3.34. The summed E-state index contributed by atoms with van der Waals surface area (Å²) in [5.41, 5.74) is -0.321. The van der Waals surface area contributed by atoms with E-state index in [1.807, 2.05) is 37.3 Å². The third-order valence-corrected chi connectivity index (χ3v) is 8.07. The van der Waals surface area contributed by atoms with Gasteiger partial charge in [0.15, 0.2) is 0 Å². The number of rotatable bonds is 11. The molecule has 0 saturated carbocycles. The van der Waals surface area contributed by atoms with Crippen molar-refractivity contribution in [3.05, 3.63) is 65.7 Å². The first kappa shape index (κ1) is 33.0. The molecule has 0 bridgehead atoms. The topological polar surface area (TPSA) is 143 Å². The Morgan fingerprint density at radius 2 is 1.64 bits per heavy atom. The number of alkyl carbamates (subject to hydrolysis) is 1. The van der Waals surface area contributed by atoms with Crippen LogP contribution in [-0.2, 0) is 35.7 Å². The van der Waals surface area contributed by atoms with E-state index in [4.69, 9.17) is 9.47 Å². The molecule has 1 saturated heterocycles. The maximum atomic E-state index is 13.6. The maximum absolute atomic E-state index is 13.6. The fourth-order valence-corrected chi connectivity index (χ4v) is 5.54. The lowest BCUT2D eigenvalue weighted by Crippen LogP contribution is -2.60. The molecule has 2 aromatic rings. The first-order chi connectivity index (χ1) is 19.6. The average molecular weight is 603 g/mol. The van der Waals surface area contributed by atoms with Crippen LogP contribution < -0.4 is 15.4 Å². The van der Waals surface area contributed by atoms with Gasteiger partial charge in [0.25, 0.3) is 0 Å². The van der Waals surface area contributed by atoms with E-state index < -0.39 is 51.2 Å². The van der Waals surface area contributed by atoms with E-state index in [-0.39, 0.29) is 24.7 Å². The van der Waals surface area contributed by atoms with Crippen molar-refractivity contribution in [2.45, 2.75) is 82.7 Å². The highest BCUT2D eigenvalue weighted by molar-refractivity contribution is 7.89.